The summed E-state index contributed by atoms with van der Waals surface area (Å²) < 4.78 is 11.1. The van der Waals surface area contributed by atoms with Crippen LogP contribution in [0.1, 0.15) is 51.0 Å². The monoisotopic (exact) mass is 462 g/mol. The number of hydrogen-bond acceptors (Lipinski definition) is 6. The standard InChI is InChI=1S/C23H30N2O4S2/c1-4-17-8-5-6-12-24(17)21(26)9-7-13-25-22(27)20(31-23(25)30)15-16-10-11-18(28-2)19(14-16)29-3/h10-11,14-15,17H,4-9,12-13H2,1-3H3/b20-15-. The number of thiocarbonyl (C=S) groups is 1. The molecule has 0 spiro atoms. The Bertz CT molecular complexity index is 871. The Morgan fingerprint density at radius 3 is 2.74 bits per heavy atom. The number of nitrogens with zero attached hydrogens (tertiary/aromatic N) is 2. The molecule has 2 saturated heterocycles. The summed E-state index contributed by atoms with van der Waals surface area (Å²) in [5.74, 6) is 1.32. The highest BCUT2D eigenvalue weighted by atomic mass is 32.2. The van der Waals surface area contributed by atoms with Gasteiger partial charge in [0.25, 0.3) is 5.91 Å². The molecule has 1 atom stereocenters. The number of piperidine rings is 1. The van der Waals surface area contributed by atoms with E-state index in [0.717, 1.165) is 31.4 Å². The first-order valence-electron chi connectivity index (χ1n) is 10.7. The molecule has 0 aromatic heterocycles. The Morgan fingerprint density at radius 1 is 1.26 bits per heavy atom. The second-order valence-electron chi connectivity index (χ2n) is 7.70. The Morgan fingerprint density at radius 2 is 2.03 bits per heavy atom. The van der Waals surface area contributed by atoms with E-state index in [1.165, 1.54) is 18.2 Å². The van der Waals surface area contributed by atoms with E-state index in [2.05, 4.69) is 6.92 Å². The van der Waals surface area contributed by atoms with Crippen LogP contribution in [0.15, 0.2) is 23.1 Å². The predicted octanol–water partition coefficient (Wildman–Crippen LogP) is 4.48. The zero-order valence-corrected chi connectivity index (χ0v) is 20.0. The number of carbonyl (C=O) groups excluding carboxylic acids is 2. The van der Waals surface area contributed by atoms with Gasteiger partial charge >= 0.3 is 0 Å². The van der Waals surface area contributed by atoms with Crippen LogP contribution in [0.25, 0.3) is 6.08 Å². The third-order valence-electron chi connectivity index (χ3n) is 5.77. The Kier molecular flexibility index (Phi) is 8.37. The molecule has 2 aliphatic rings. The molecule has 2 aliphatic heterocycles. The molecule has 1 unspecified atom stereocenters. The molecule has 2 fully saturated rings. The molecule has 0 bridgehead atoms. The molecule has 8 heteroatoms. The van der Waals surface area contributed by atoms with E-state index < -0.39 is 0 Å². The summed E-state index contributed by atoms with van der Waals surface area (Å²) in [4.78, 5) is 29.8. The zero-order valence-electron chi connectivity index (χ0n) is 18.4. The van der Waals surface area contributed by atoms with Gasteiger partial charge in [-0.1, -0.05) is 37.0 Å². The first-order chi connectivity index (χ1) is 15.0. The smallest absolute Gasteiger partial charge is 0.266 e. The van der Waals surface area contributed by atoms with Crippen molar-refractivity contribution in [2.24, 2.45) is 0 Å². The van der Waals surface area contributed by atoms with Gasteiger partial charge in [-0.05, 0) is 55.9 Å². The van der Waals surface area contributed by atoms with Crippen LogP contribution in [0.5, 0.6) is 11.5 Å². The molecule has 0 aliphatic carbocycles. The molecule has 1 aromatic carbocycles. The fraction of sp³-hybridized carbons (Fsp3) is 0.522. The molecule has 3 rings (SSSR count). The van der Waals surface area contributed by atoms with Gasteiger partial charge < -0.3 is 14.4 Å². The third kappa shape index (κ3) is 5.60. The third-order valence-corrected chi connectivity index (χ3v) is 7.15. The lowest BCUT2D eigenvalue weighted by Crippen LogP contribution is -2.43. The number of amides is 2. The van der Waals surface area contributed by atoms with Crippen molar-refractivity contribution in [1.29, 1.82) is 0 Å². The van der Waals surface area contributed by atoms with Crippen LogP contribution in [0, 0.1) is 0 Å². The predicted molar refractivity (Wildman–Crippen MR) is 128 cm³/mol. The van der Waals surface area contributed by atoms with E-state index in [-0.39, 0.29) is 11.8 Å². The number of likely N-dealkylation sites (tertiary alicyclic amines) is 1. The first kappa shape index (κ1) is 23.6. The molecule has 6 nitrogen and oxygen atoms in total. The van der Waals surface area contributed by atoms with E-state index in [9.17, 15) is 9.59 Å². The van der Waals surface area contributed by atoms with Crippen LogP contribution < -0.4 is 9.47 Å². The van der Waals surface area contributed by atoms with Crippen LogP contribution in [0.2, 0.25) is 0 Å². The van der Waals surface area contributed by atoms with Gasteiger partial charge in [-0.15, -0.1) is 0 Å². The number of hydrogen-bond donors (Lipinski definition) is 0. The lowest BCUT2D eigenvalue weighted by molar-refractivity contribution is -0.135. The van der Waals surface area contributed by atoms with Crippen molar-refractivity contribution in [1.82, 2.24) is 9.80 Å². The summed E-state index contributed by atoms with van der Waals surface area (Å²) in [5.41, 5.74) is 0.837. The molecule has 2 amide bonds. The fourth-order valence-electron chi connectivity index (χ4n) is 4.07. The molecular formula is C23H30N2O4S2. The molecule has 0 radical (unpaired) electrons. The van der Waals surface area contributed by atoms with Crippen LogP contribution in [0.3, 0.4) is 0 Å². The molecule has 0 saturated carbocycles. The number of ether oxygens (including phenoxy) is 2. The summed E-state index contributed by atoms with van der Waals surface area (Å²) in [6, 6.07) is 5.87. The van der Waals surface area contributed by atoms with Gasteiger partial charge in [0.2, 0.25) is 5.91 Å². The number of methoxy groups -OCH3 is 2. The number of benzene rings is 1. The molecule has 31 heavy (non-hydrogen) atoms. The summed E-state index contributed by atoms with van der Waals surface area (Å²) in [7, 11) is 3.16. The van der Waals surface area contributed by atoms with Gasteiger partial charge in [0.05, 0.1) is 19.1 Å². The van der Waals surface area contributed by atoms with Crippen molar-refractivity contribution >= 4 is 46.2 Å². The van der Waals surface area contributed by atoms with Crippen molar-refractivity contribution in [3.05, 3.63) is 28.7 Å². The average Bonchev–Trinajstić information content (AvgIpc) is 3.06. The van der Waals surface area contributed by atoms with E-state index in [1.54, 1.807) is 25.2 Å². The highest BCUT2D eigenvalue weighted by molar-refractivity contribution is 8.26. The maximum atomic E-state index is 12.9. The van der Waals surface area contributed by atoms with E-state index in [4.69, 9.17) is 21.7 Å². The molecule has 2 heterocycles. The SMILES string of the molecule is CCC1CCCCN1C(=O)CCCN1C(=O)/C(=C/c2ccc(OC)c(OC)c2)SC1=S. The normalized spacial score (nSPS) is 20.5. The van der Waals surface area contributed by atoms with Gasteiger partial charge in [0.1, 0.15) is 4.32 Å². The van der Waals surface area contributed by atoms with Crippen LogP contribution in [-0.2, 0) is 9.59 Å². The molecule has 0 N–H and O–H groups in total. The minimum atomic E-state index is -0.110. The summed E-state index contributed by atoms with van der Waals surface area (Å²) in [6.07, 6.45) is 7.25. The Labute approximate surface area is 193 Å². The zero-order chi connectivity index (χ0) is 22.4. The number of thioether (sulfide) groups is 1. The van der Waals surface area contributed by atoms with Gasteiger partial charge in [-0.2, -0.15) is 0 Å². The summed E-state index contributed by atoms with van der Waals surface area (Å²) in [6.45, 7) is 3.46. The summed E-state index contributed by atoms with van der Waals surface area (Å²) >= 11 is 6.72. The topological polar surface area (TPSA) is 59.1 Å². The van der Waals surface area contributed by atoms with E-state index >= 15 is 0 Å². The largest absolute Gasteiger partial charge is 0.493 e. The van der Waals surface area contributed by atoms with E-state index in [0.29, 0.717) is 46.2 Å². The molecular weight excluding hydrogens is 432 g/mol. The Hall–Kier alpha value is -2.06. The minimum Gasteiger partial charge on any atom is -0.493 e. The van der Waals surface area contributed by atoms with Crippen molar-refractivity contribution in [2.45, 2.75) is 51.5 Å². The lowest BCUT2D eigenvalue weighted by atomic mass is 9.99. The van der Waals surface area contributed by atoms with Crippen molar-refractivity contribution in [2.75, 3.05) is 27.3 Å². The van der Waals surface area contributed by atoms with Crippen LogP contribution in [-0.4, -0.2) is 59.3 Å². The van der Waals surface area contributed by atoms with Crippen molar-refractivity contribution in [3.63, 3.8) is 0 Å². The van der Waals surface area contributed by atoms with Gasteiger partial charge in [0, 0.05) is 25.6 Å². The second-order valence-corrected chi connectivity index (χ2v) is 9.37. The fourth-order valence-corrected chi connectivity index (χ4v) is 5.38. The van der Waals surface area contributed by atoms with Crippen molar-refractivity contribution < 1.29 is 19.1 Å². The molecule has 168 valence electrons. The maximum absolute atomic E-state index is 12.9. The highest BCUT2D eigenvalue weighted by Gasteiger charge is 2.32. The maximum Gasteiger partial charge on any atom is 0.266 e. The lowest BCUT2D eigenvalue weighted by Gasteiger charge is -2.35. The quantitative estimate of drug-likeness (QED) is 0.419. The summed E-state index contributed by atoms with van der Waals surface area (Å²) in [5, 5.41) is 0. The first-order valence-corrected chi connectivity index (χ1v) is 12.0. The van der Waals surface area contributed by atoms with Crippen LogP contribution >= 0.6 is 24.0 Å². The second kappa shape index (κ2) is 11.0. The highest BCUT2D eigenvalue weighted by Crippen LogP contribution is 2.35. The van der Waals surface area contributed by atoms with E-state index in [1.807, 2.05) is 23.1 Å². The Balaban J connectivity index is 1.59. The van der Waals surface area contributed by atoms with Crippen molar-refractivity contribution in [3.8, 4) is 11.5 Å². The average molecular weight is 463 g/mol. The number of rotatable bonds is 8. The van der Waals surface area contributed by atoms with Gasteiger partial charge in [-0.3, -0.25) is 14.5 Å². The minimum absolute atomic E-state index is 0.110. The van der Waals surface area contributed by atoms with Gasteiger partial charge in [0.15, 0.2) is 11.5 Å². The number of carbonyl (C=O) groups is 2. The van der Waals surface area contributed by atoms with Crippen LogP contribution in [0.4, 0.5) is 0 Å². The van der Waals surface area contributed by atoms with Gasteiger partial charge in [-0.25, -0.2) is 0 Å². The molecule has 1 aromatic rings.